The van der Waals surface area contributed by atoms with E-state index in [1.165, 1.54) is 5.56 Å². The van der Waals surface area contributed by atoms with Gasteiger partial charge in [-0.05, 0) is 62.5 Å². The predicted octanol–water partition coefficient (Wildman–Crippen LogP) is 3.57. The highest BCUT2D eigenvalue weighted by Crippen LogP contribution is 2.24. The van der Waals surface area contributed by atoms with Crippen molar-refractivity contribution in [2.75, 3.05) is 6.54 Å². The van der Waals surface area contributed by atoms with Crippen LogP contribution >= 0.6 is 31.9 Å². The number of halogens is 2. The van der Waals surface area contributed by atoms with Gasteiger partial charge in [0.2, 0.25) is 0 Å². The highest BCUT2D eigenvalue weighted by molar-refractivity contribution is 9.13. The van der Waals surface area contributed by atoms with Gasteiger partial charge in [0.25, 0.3) is 0 Å². The normalized spacial score (nSPS) is 11.0. The molecule has 0 saturated carbocycles. The van der Waals surface area contributed by atoms with Gasteiger partial charge in [0.1, 0.15) is 0 Å². The number of nitrogens with two attached hydrogens (primary N) is 1. The Kier molecular flexibility index (Phi) is 4.70. The Bertz CT molecular complexity index is 308. The summed E-state index contributed by atoms with van der Waals surface area (Å²) in [6.45, 7) is 0.703. The third-order valence-corrected chi connectivity index (χ3v) is 3.47. The third kappa shape index (κ3) is 3.63. The van der Waals surface area contributed by atoms with E-state index in [1.807, 2.05) is 6.07 Å². The number of hydrogen-bond acceptors (Lipinski definition) is 1. The summed E-state index contributed by atoms with van der Waals surface area (Å²) in [7, 11) is 0. The van der Waals surface area contributed by atoms with Crippen LogP contribution in [0.4, 0.5) is 0 Å². The fourth-order valence-electron chi connectivity index (χ4n) is 0.932. The second kappa shape index (κ2) is 5.58. The Balaban J connectivity index is 2.73. The van der Waals surface area contributed by atoms with Crippen LogP contribution < -0.4 is 5.73 Å². The van der Waals surface area contributed by atoms with Crippen LogP contribution in [0.2, 0.25) is 0 Å². The zero-order valence-electron chi connectivity index (χ0n) is 7.13. The van der Waals surface area contributed by atoms with Crippen LogP contribution in [0, 0.1) is 0 Å². The van der Waals surface area contributed by atoms with Gasteiger partial charge in [0.15, 0.2) is 0 Å². The summed E-state index contributed by atoms with van der Waals surface area (Å²) in [6, 6.07) is 6.14. The van der Waals surface area contributed by atoms with E-state index in [0.717, 1.165) is 15.4 Å². The average Bonchev–Trinajstić information content (AvgIpc) is 2.12. The first-order valence-electron chi connectivity index (χ1n) is 4.05. The van der Waals surface area contributed by atoms with Gasteiger partial charge in [-0.3, -0.25) is 0 Å². The first-order valence-corrected chi connectivity index (χ1v) is 5.64. The maximum Gasteiger partial charge on any atom is 0.0323 e. The summed E-state index contributed by atoms with van der Waals surface area (Å²) in [5.41, 5.74) is 6.56. The molecule has 0 aliphatic carbocycles. The lowest BCUT2D eigenvalue weighted by atomic mass is 10.2. The van der Waals surface area contributed by atoms with Crippen LogP contribution in [0.1, 0.15) is 12.0 Å². The van der Waals surface area contributed by atoms with Gasteiger partial charge in [-0.15, -0.1) is 0 Å². The zero-order chi connectivity index (χ0) is 9.68. The molecule has 2 N–H and O–H groups in total. The van der Waals surface area contributed by atoms with E-state index in [9.17, 15) is 0 Å². The zero-order valence-corrected chi connectivity index (χ0v) is 10.3. The quantitative estimate of drug-likeness (QED) is 0.907. The van der Waals surface area contributed by atoms with Crippen molar-refractivity contribution in [1.82, 2.24) is 0 Å². The highest BCUT2D eigenvalue weighted by Gasteiger charge is 1.94. The Labute approximate surface area is 95.3 Å². The molecule has 0 spiro atoms. The van der Waals surface area contributed by atoms with Crippen LogP contribution in [0.3, 0.4) is 0 Å². The minimum atomic E-state index is 0.703. The van der Waals surface area contributed by atoms with Gasteiger partial charge in [0, 0.05) is 8.95 Å². The maximum absolute atomic E-state index is 5.38. The van der Waals surface area contributed by atoms with Crippen molar-refractivity contribution in [2.24, 2.45) is 5.73 Å². The van der Waals surface area contributed by atoms with Crippen molar-refractivity contribution in [3.63, 3.8) is 0 Å². The monoisotopic (exact) mass is 303 g/mol. The molecule has 1 rings (SSSR count). The highest BCUT2D eigenvalue weighted by atomic mass is 79.9. The van der Waals surface area contributed by atoms with Crippen molar-refractivity contribution in [3.8, 4) is 0 Å². The topological polar surface area (TPSA) is 26.0 Å². The molecule has 1 aromatic carbocycles. The van der Waals surface area contributed by atoms with E-state index in [-0.39, 0.29) is 0 Å². The number of hydrogen-bond donors (Lipinski definition) is 1. The van der Waals surface area contributed by atoms with Gasteiger partial charge < -0.3 is 5.73 Å². The van der Waals surface area contributed by atoms with Crippen molar-refractivity contribution in [3.05, 3.63) is 38.8 Å². The lowest BCUT2D eigenvalue weighted by Gasteiger charge is -1.97. The lowest BCUT2D eigenvalue weighted by molar-refractivity contribution is 1.01. The minimum absolute atomic E-state index is 0.703. The summed E-state index contributed by atoms with van der Waals surface area (Å²) in [5, 5.41) is 0. The fourth-order valence-corrected chi connectivity index (χ4v) is 1.57. The standard InChI is InChI=1S/C10H11Br2N/c11-9-5-4-8(7-10(9)12)3-1-2-6-13/h1,3-5,7H,2,6,13H2/b3-1+. The molecule has 0 aliphatic rings. The van der Waals surface area contributed by atoms with Gasteiger partial charge in [0.05, 0.1) is 0 Å². The molecular weight excluding hydrogens is 294 g/mol. The van der Waals surface area contributed by atoms with E-state index < -0.39 is 0 Å². The third-order valence-electron chi connectivity index (χ3n) is 1.59. The SMILES string of the molecule is NCC/C=C/c1ccc(Br)c(Br)c1. The molecule has 0 atom stereocenters. The van der Waals surface area contributed by atoms with E-state index in [2.05, 4.69) is 56.1 Å². The summed E-state index contributed by atoms with van der Waals surface area (Å²) in [5.74, 6) is 0. The van der Waals surface area contributed by atoms with E-state index in [1.54, 1.807) is 0 Å². The second-order valence-corrected chi connectivity index (χ2v) is 4.36. The largest absolute Gasteiger partial charge is 0.330 e. The van der Waals surface area contributed by atoms with Crippen LogP contribution in [0.5, 0.6) is 0 Å². The van der Waals surface area contributed by atoms with Crippen LogP contribution in [0.25, 0.3) is 6.08 Å². The molecule has 0 aromatic heterocycles. The molecule has 0 radical (unpaired) electrons. The van der Waals surface area contributed by atoms with Crippen LogP contribution in [-0.4, -0.2) is 6.54 Å². The van der Waals surface area contributed by atoms with Crippen molar-refractivity contribution in [1.29, 1.82) is 0 Å². The number of rotatable bonds is 3. The molecule has 1 nitrogen and oxygen atoms in total. The number of benzene rings is 1. The molecule has 0 aliphatic heterocycles. The summed E-state index contributed by atoms with van der Waals surface area (Å²) < 4.78 is 2.14. The second-order valence-electron chi connectivity index (χ2n) is 2.65. The average molecular weight is 305 g/mol. The first kappa shape index (κ1) is 11.0. The Hall–Kier alpha value is -0.120. The van der Waals surface area contributed by atoms with E-state index in [0.29, 0.717) is 6.54 Å². The summed E-state index contributed by atoms with van der Waals surface area (Å²) >= 11 is 6.87. The smallest absolute Gasteiger partial charge is 0.0323 e. The Morgan fingerprint density at radius 1 is 1.23 bits per heavy atom. The molecule has 3 heteroatoms. The van der Waals surface area contributed by atoms with Crippen molar-refractivity contribution < 1.29 is 0 Å². The molecule has 0 heterocycles. The van der Waals surface area contributed by atoms with Gasteiger partial charge in [-0.1, -0.05) is 18.2 Å². The molecule has 0 saturated heterocycles. The molecule has 13 heavy (non-hydrogen) atoms. The molecule has 0 amide bonds. The molecule has 0 fully saturated rings. The fraction of sp³-hybridized carbons (Fsp3) is 0.200. The van der Waals surface area contributed by atoms with Crippen molar-refractivity contribution in [2.45, 2.75) is 6.42 Å². The molecule has 70 valence electrons. The van der Waals surface area contributed by atoms with Crippen molar-refractivity contribution >= 4 is 37.9 Å². The van der Waals surface area contributed by atoms with Crippen LogP contribution in [0.15, 0.2) is 33.2 Å². The molecule has 1 aromatic rings. The summed E-state index contributed by atoms with van der Waals surface area (Å²) in [6.07, 6.45) is 5.08. The van der Waals surface area contributed by atoms with Gasteiger partial charge in [-0.2, -0.15) is 0 Å². The van der Waals surface area contributed by atoms with E-state index in [4.69, 9.17) is 5.73 Å². The Morgan fingerprint density at radius 2 is 2.00 bits per heavy atom. The van der Waals surface area contributed by atoms with Crippen LogP contribution in [-0.2, 0) is 0 Å². The lowest BCUT2D eigenvalue weighted by Crippen LogP contribution is -1.94. The van der Waals surface area contributed by atoms with E-state index >= 15 is 0 Å². The maximum atomic E-state index is 5.38. The molecule has 0 bridgehead atoms. The minimum Gasteiger partial charge on any atom is -0.330 e. The molecular formula is C10H11Br2N. The predicted molar refractivity (Wildman–Crippen MR) is 64.5 cm³/mol. The molecule has 0 unspecified atom stereocenters. The Morgan fingerprint density at radius 3 is 2.62 bits per heavy atom. The van der Waals surface area contributed by atoms with Gasteiger partial charge in [-0.25, -0.2) is 0 Å². The summed E-state index contributed by atoms with van der Waals surface area (Å²) in [4.78, 5) is 0. The van der Waals surface area contributed by atoms with Gasteiger partial charge >= 0.3 is 0 Å². The first-order chi connectivity index (χ1) is 6.24.